The van der Waals surface area contributed by atoms with Gasteiger partial charge in [0.2, 0.25) is 5.91 Å². The molecule has 0 spiro atoms. The topological polar surface area (TPSA) is 62.5 Å². The molecule has 1 saturated heterocycles. The van der Waals surface area contributed by atoms with E-state index in [1.807, 2.05) is 6.20 Å². The van der Waals surface area contributed by atoms with E-state index >= 15 is 0 Å². The van der Waals surface area contributed by atoms with Crippen molar-refractivity contribution in [2.24, 2.45) is 0 Å². The highest BCUT2D eigenvalue weighted by Crippen LogP contribution is 2.27. The molecule has 1 saturated carbocycles. The minimum absolute atomic E-state index is 0.116. The average Bonchev–Trinajstić information content (AvgIpc) is 2.89. The maximum absolute atomic E-state index is 12.0. The molecule has 2 aliphatic rings. The molecule has 1 N–H and O–H groups in total. The first-order valence-corrected chi connectivity index (χ1v) is 8.11. The number of carbonyl (C=O) groups is 1. The van der Waals surface area contributed by atoms with Crippen LogP contribution < -0.4 is 5.32 Å². The number of aromatic nitrogens is 3. The van der Waals surface area contributed by atoms with Crippen LogP contribution in [0.15, 0.2) is 18.5 Å². The molecule has 22 heavy (non-hydrogen) atoms. The summed E-state index contributed by atoms with van der Waals surface area (Å²) in [7, 11) is 0. The van der Waals surface area contributed by atoms with Gasteiger partial charge in [-0.25, -0.2) is 9.50 Å². The molecule has 0 unspecified atom stereocenters. The third-order valence-electron chi connectivity index (χ3n) is 4.67. The van der Waals surface area contributed by atoms with Crippen molar-refractivity contribution in [3.63, 3.8) is 0 Å². The summed E-state index contributed by atoms with van der Waals surface area (Å²) >= 11 is 5.99. The summed E-state index contributed by atoms with van der Waals surface area (Å²) in [4.78, 5) is 18.6. The van der Waals surface area contributed by atoms with Gasteiger partial charge in [0.15, 0.2) is 5.65 Å². The molecule has 0 aromatic carbocycles. The highest BCUT2D eigenvalue weighted by molar-refractivity contribution is 6.29. The summed E-state index contributed by atoms with van der Waals surface area (Å²) in [5.74, 6) is 0.116. The zero-order valence-electron chi connectivity index (χ0n) is 12.2. The Morgan fingerprint density at radius 3 is 3.14 bits per heavy atom. The summed E-state index contributed by atoms with van der Waals surface area (Å²) in [5.41, 5.74) is 1.78. The Kier molecular flexibility index (Phi) is 3.50. The molecule has 0 bridgehead atoms. The molecule has 2 aromatic heterocycles. The van der Waals surface area contributed by atoms with Crippen molar-refractivity contribution in [2.45, 2.75) is 44.3 Å². The largest absolute Gasteiger partial charge is 0.351 e. The first-order valence-electron chi connectivity index (χ1n) is 7.73. The van der Waals surface area contributed by atoms with Crippen LogP contribution in [-0.4, -0.2) is 44.0 Å². The molecule has 1 aliphatic carbocycles. The van der Waals surface area contributed by atoms with Crippen LogP contribution in [0.5, 0.6) is 0 Å². The van der Waals surface area contributed by atoms with Crippen molar-refractivity contribution in [3.8, 4) is 0 Å². The van der Waals surface area contributed by atoms with Crippen LogP contribution in [0.4, 0.5) is 0 Å². The van der Waals surface area contributed by atoms with Crippen molar-refractivity contribution in [1.82, 2.24) is 24.8 Å². The van der Waals surface area contributed by atoms with Gasteiger partial charge < -0.3 is 5.32 Å². The van der Waals surface area contributed by atoms with Crippen LogP contribution in [0.25, 0.3) is 5.65 Å². The predicted octanol–water partition coefficient (Wildman–Crippen LogP) is 1.63. The quantitative estimate of drug-likeness (QED) is 0.855. The van der Waals surface area contributed by atoms with Gasteiger partial charge in [-0.1, -0.05) is 24.4 Å². The van der Waals surface area contributed by atoms with Gasteiger partial charge in [-0.15, -0.1) is 0 Å². The van der Waals surface area contributed by atoms with Gasteiger partial charge in [0.25, 0.3) is 0 Å². The molecular weight excluding hydrogens is 302 g/mol. The lowest BCUT2D eigenvalue weighted by Crippen LogP contribution is -2.61. The molecule has 0 radical (unpaired) electrons. The van der Waals surface area contributed by atoms with Crippen LogP contribution >= 0.6 is 11.6 Å². The van der Waals surface area contributed by atoms with Gasteiger partial charge >= 0.3 is 0 Å². The molecule has 2 fully saturated rings. The van der Waals surface area contributed by atoms with Gasteiger partial charge in [0, 0.05) is 30.4 Å². The molecule has 1 amide bonds. The number of hydrogen-bond acceptors (Lipinski definition) is 4. The van der Waals surface area contributed by atoms with Crippen LogP contribution in [0, 0.1) is 0 Å². The van der Waals surface area contributed by atoms with E-state index in [4.69, 9.17) is 11.6 Å². The van der Waals surface area contributed by atoms with E-state index in [1.165, 1.54) is 12.8 Å². The van der Waals surface area contributed by atoms with Crippen molar-refractivity contribution in [3.05, 3.63) is 29.2 Å². The second-order valence-electron chi connectivity index (χ2n) is 6.12. The summed E-state index contributed by atoms with van der Waals surface area (Å²) in [5, 5.41) is 7.91. The van der Waals surface area contributed by atoms with Crippen molar-refractivity contribution >= 4 is 23.2 Å². The van der Waals surface area contributed by atoms with Gasteiger partial charge in [0.05, 0.1) is 12.7 Å². The first kappa shape index (κ1) is 14.0. The number of carbonyl (C=O) groups excluding carboxylic acids is 1. The Labute approximate surface area is 133 Å². The highest BCUT2D eigenvalue weighted by atomic mass is 35.5. The number of nitrogens with zero attached hydrogens (tertiary/aromatic N) is 4. The van der Waals surface area contributed by atoms with E-state index in [2.05, 4.69) is 20.3 Å². The maximum Gasteiger partial charge on any atom is 0.234 e. The van der Waals surface area contributed by atoms with E-state index in [-0.39, 0.29) is 11.9 Å². The summed E-state index contributed by atoms with van der Waals surface area (Å²) in [6, 6.07) is 2.42. The van der Waals surface area contributed by atoms with Gasteiger partial charge in [-0.05, 0) is 18.9 Å². The number of amides is 1. The first-order chi connectivity index (χ1) is 10.7. The second kappa shape index (κ2) is 5.52. The van der Waals surface area contributed by atoms with Crippen LogP contribution in [0.2, 0.25) is 5.15 Å². The van der Waals surface area contributed by atoms with Gasteiger partial charge in [-0.3, -0.25) is 9.69 Å². The molecule has 1 aliphatic heterocycles. The minimum atomic E-state index is 0.116. The monoisotopic (exact) mass is 319 g/mol. The molecule has 6 nitrogen and oxygen atoms in total. The fraction of sp³-hybridized carbons (Fsp3) is 0.533. The lowest BCUT2D eigenvalue weighted by molar-refractivity contribution is -0.128. The zero-order chi connectivity index (χ0) is 15.1. The standard InChI is InChI=1S/C15H18ClN5O/c16-13-5-6-21-15(19-13)10(7-17-21)8-20-9-14(22)18-11-3-1-2-4-12(11)20/h5-7,11-12H,1-4,8-9H2,(H,18,22)/t11-,12-/m1/s1. The fourth-order valence-corrected chi connectivity index (χ4v) is 3.80. The van der Waals surface area contributed by atoms with E-state index < -0.39 is 0 Å². The van der Waals surface area contributed by atoms with E-state index in [0.717, 1.165) is 24.1 Å². The molecular formula is C15H18ClN5O. The summed E-state index contributed by atoms with van der Waals surface area (Å²) in [6.07, 6.45) is 8.27. The third-order valence-corrected chi connectivity index (χ3v) is 4.88. The van der Waals surface area contributed by atoms with Crippen LogP contribution in [0.3, 0.4) is 0 Å². The van der Waals surface area contributed by atoms with Crippen molar-refractivity contribution in [2.75, 3.05) is 6.54 Å². The van der Waals surface area contributed by atoms with E-state index in [9.17, 15) is 4.79 Å². The molecule has 4 rings (SSSR count). The lowest BCUT2D eigenvalue weighted by atomic mass is 9.87. The fourth-order valence-electron chi connectivity index (χ4n) is 3.67. The lowest BCUT2D eigenvalue weighted by Gasteiger charge is -2.43. The van der Waals surface area contributed by atoms with Gasteiger partial charge in [0.1, 0.15) is 5.15 Å². The number of rotatable bonds is 2. The second-order valence-corrected chi connectivity index (χ2v) is 6.51. The average molecular weight is 320 g/mol. The van der Waals surface area contributed by atoms with Crippen molar-refractivity contribution in [1.29, 1.82) is 0 Å². The third kappa shape index (κ3) is 2.46. The Morgan fingerprint density at radius 1 is 1.36 bits per heavy atom. The molecule has 2 aromatic rings. The summed E-state index contributed by atoms with van der Waals surface area (Å²) in [6.45, 7) is 1.13. The number of halogens is 1. The molecule has 3 heterocycles. The Hall–Kier alpha value is -1.66. The maximum atomic E-state index is 12.0. The van der Waals surface area contributed by atoms with Crippen molar-refractivity contribution < 1.29 is 4.79 Å². The van der Waals surface area contributed by atoms with E-state index in [0.29, 0.717) is 24.3 Å². The van der Waals surface area contributed by atoms with E-state index in [1.54, 1.807) is 16.8 Å². The molecule has 2 atom stereocenters. The minimum Gasteiger partial charge on any atom is -0.351 e. The molecule has 116 valence electrons. The Bertz CT molecular complexity index is 715. The Morgan fingerprint density at radius 2 is 2.23 bits per heavy atom. The van der Waals surface area contributed by atoms with Gasteiger partial charge in [-0.2, -0.15) is 5.10 Å². The Balaban J connectivity index is 1.62. The molecule has 7 heteroatoms. The normalized spacial score (nSPS) is 26.0. The number of piperazine rings is 1. The highest BCUT2D eigenvalue weighted by Gasteiger charge is 2.36. The smallest absolute Gasteiger partial charge is 0.234 e. The predicted molar refractivity (Wildman–Crippen MR) is 82.6 cm³/mol. The van der Waals surface area contributed by atoms with Crippen LogP contribution in [0.1, 0.15) is 31.2 Å². The number of hydrogen-bond donors (Lipinski definition) is 1. The number of nitrogens with one attached hydrogen (secondary N) is 1. The number of fused-ring (bicyclic) bond motifs is 2. The SMILES string of the molecule is O=C1CN(Cc2cnn3ccc(Cl)nc23)[C@@H]2CCCC[C@H]2N1. The summed E-state index contributed by atoms with van der Waals surface area (Å²) < 4.78 is 1.73. The van der Waals surface area contributed by atoms with Crippen LogP contribution in [-0.2, 0) is 11.3 Å². The zero-order valence-corrected chi connectivity index (χ0v) is 13.0.